The highest BCUT2D eigenvalue weighted by Crippen LogP contribution is 2.22. The lowest BCUT2D eigenvalue weighted by molar-refractivity contribution is -0.153. The number of ether oxygens (including phenoxy) is 1. The Morgan fingerprint density at radius 1 is 1.06 bits per heavy atom. The third-order valence-corrected chi connectivity index (χ3v) is 6.17. The predicted octanol–water partition coefficient (Wildman–Crippen LogP) is 3.81. The molecule has 8 heteroatoms. The van der Waals surface area contributed by atoms with Gasteiger partial charge in [0.2, 0.25) is 11.8 Å². The van der Waals surface area contributed by atoms with E-state index in [1.54, 1.807) is 29.7 Å². The summed E-state index contributed by atoms with van der Waals surface area (Å²) in [7, 11) is 0. The summed E-state index contributed by atoms with van der Waals surface area (Å²) in [5, 5.41) is 12.2. The number of halogens is 1. The molecule has 0 spiro atoms. The van der Waals surface area contributed by atoms with E-state index < -0.39 is 29.7 Å². The van der Waals surface area contributed by atoms with Crippen LogP contribution in [0.3, 0.4) is 0 Å². The van der Waals surface area contributed by atoms with Gasteiger partial charge in [-0.25, -0.2) is 10.3 Å². The van der Waals surface area contributed by atoms with Gasteiger partial charge in [-0.15, -0.1) is 0 Å². The van der Waals surface area contributed by atoms with Crippen LogP contribution in [0.1, 0.15) is 49.7 Å². The van der Waals surface area contributed by atoms with Crippen LogP contribution in [0.15, 0.2) is 54.6 Å². The Kier molecular flexibility index (Phi) is 10.1. The van der Waals surface area contributed by atoms with Gasteiger partial charge < -0.3 is 10.1 Å². The summed E-state index contributed by atoms with van der Waals surface area (Å²) in [6, 6.07) is 15.4. The molecule has 2 amide bonds. The first-order valence-corrected chi connectivity index (χ1v) is 12.0. The van der Waals surface area contributed by atoms with Crippen molar-refractivity contribution in [3.8, 4) is 11.8 Å². The van der Waals surface area contributed by atoms with Crippen LogP contribution in [0.5, 0.6) is 0 Å². The van der Waals surface area contributed by atoms with Gasteiger partial charge >= 0.3 is 5.97 Å². The zero-order valence-corrected chi connectivity index (χ0v) is 20.1. The van der Waals surface area contributed by atoms with Crippen molar-refractivity contribution >= 4 is 29.4 Å². The topological polar surface area (TPSA) is 105 Å². The second kappa shape index (κ2) is 13.5. The SMILES string of the molecule is O=C(C[C@@H](CC#Cc1ccccc1Cl)C(=O)N[C@@H](Cc1ccccc1)C(=O)OC1CCCC1)NO. The van der Waals surface area contributed by atoms with Gasteiger partial charge in [0, 0.05) is 24.8 Å². The maximum absolute atomic E-state index is 13.2. The summed E-state index contributed by atoms with van der Waals surface area (Å²) in [5.41, 5.74) is 3.02. The number of carbonyl (C=O) groups excluding carboxylic acids is 3. The van der Waals surface area contributed by atoms with Gasteiger partial charge in [0.05, 0.1) is 10.9 Å². The fourth-order valence-corrected chi connectivity index (χ4v) is 4.13. The van der Waals surface area contributed by atoms with Crippen LogP contribution in [-0.2, 0) is 25.5 Å². The normalized spacial score (nSPS) is 14.8. The summed E-state index contributed by atoms with van der Waals surface area (Å²) in [6.07, 6.45) is 3.49. The van der Waals surface area contributed by atoms with Gasteiger partial charge in [-0.1, -0.05) is 65.9 Å². The van der Waals surface area contributed by atoms with Gasteiger partial charge in [-0.05, 0) is 43.4 Å². The van der Waals surface area contributed by atoms with E-state index in [0.717, 1.165) is 31.2 Å². The fourth-order valence-electron chi connectivity index (χ4n) is 3.94. The lowest BCUT2D eigenvalue weighted by atomic mass is 9.98. The Labute approximate surface area is 210 Å². The average molecular weight is 497 g/mol. The van der Waals surface area contributed by atoms with Crippen molar-refractivity contribution in [3.63, 3.8) is 0 Å². The summed E-state index contributed by atoms with van der Waals surface area (Å²) in [6.45, 7) is 0. The number of amides is 2. The lowest BCUT2D eigenvalue weighted by Gasteiger charge is -2.22. The molecule has 35 heavy (non-hydrogen) atoms. The third kappa shape index (κ3) is 8.43. The number of nitrogens with one attached hydrogen (secondary N) is 2. The highest BCUT2D eigenvalue weighted by Gasteiger charge is 2.30. The van der Waals surface area contributed by atoms with Gasteiger partial charge in [0.15, 0.2) is 0 Å². The van der Waals surface area contributed by atoms with Gasteiger partial charge in [-0.2, -0.15) is 0 Å². The molecule has 0 unspecified atom stereocenters. The first-order chi connectivity index (χ1) is 17.0. The Balaban J connectivity index is 1.74. The van der Waals surface area contributed by atoms with Crippen molar-refractivity contribution in [1.82, 2.24) is 10.8 Å². The molecule has 3 N–H and O–H groups in total. The molecule has 2 atom stereocenters. The molecule has 184 valence electrons. The zero-order valence-electron chi connectivity index (χ0n) is 19.3. The van der Waals surface area contributed by atoms with Crippen LogP contribution >= 0.6 is 11.6 Å². The zero-order chi connectivity index (χ0) is 25.0. The van der Waals surface area contributed by atoms with E-state index in [1.165, 1.54) is 0 Å². The van der Waals surface area contributed by atoms with Crippen LogP contribution in [0.2, 0.25) is 5.02 Å². The Morgan fingerprint density at radius 2 is 1.74 bits per heavy atom. The summed E-state index contributed by atoms with van der Waals surface area (Å²) in [4.78, 5) is 38.0. The standard InChI is InChI=1S/C27H29ClN2O5/c28-23-16-7-4-11-20(23)12-8-13-21(18-25(31)30-34)26(32)29-24(17-19-9-2-1-3-10-19)27(33)35-22-14-5-6-15-22/h1-4,7,9-11,16,21-22,24,34H,5-6,13-15,17-18H2,(H,29,32)(H,30,31)/t21-,24+/m1/s1. The van der Waals surface area contributed by atoms with E-state index >= 15 is 0 Å². The van der Waals surface area contributed by atoms with Crippen LogP contribution in [0.4, 0.5) is 0 Å². The second-order valence-electron chi connectivity index (χ2n) is 8.52. The van der Waals surface area contributed by atoms with Crippen LogP contribution < -0.4 is 10.8 Å². The summed E-state index contributed by atoms with van der Waals surface area (Å²) in [5.74, 6) is 3.16. The largest absolute Gasteiger partial charge is 0.461 e. The van der Waals surface area contributed by atoms with Gasteiger partial charge in [0.1, 0.15) is 12.1 Å². The molecule has 0 heterocycles. The molecule has 2 aromatic carbocycles. The minimum absolute atomic E-state index is 0.0280. The van der Waals surface area contributed by atoms with E-state index in [1.807, 2.05) is 30.3 Å². The Bertz CT molecular complexity index is 1070. The van der Waals surface area contributed by atoms with E-state index in [9.17, 15) is 14.4 Å². The smallest absolute Gasteiger partial charge is 0.329 e. The molecule has 0 aliphatic heterocycles. The first-order valence-electron chi connectivity index (χ1n) is 11.7. The molecule has 2 aromatic rings. The van der Waals surface area contributed by atoms with E-state index in [2.05, 4.69) is 17.2 Å². The van der Waals surface area contributed by atoms with Crippen molar-refractivity contribution in [1.29, 1.82) is 0 Å². The number of benzene rings is 2. The molecule has 1 saturated carbocycles. The van der Waals surface area contributed by atoms with E-state index in [0.29, 0.717) is 10.6 Å². The number of carbonyl (C=O) groups is 3. The monoisotopic (exact) mass is 496 g/mol. The molecule has 1 aliphatic carbocycles. The van der Waals surface area contributed by atoms with Crippen molar-refractivity contribution in [3.05, 3.63) is 70.7 Å². The molecule has 3 rings (SSSR count). The molecule has 0 aromatic heterocycles. The lowest BCUT2D eigenvalue weighted by Crippen LogP contribution is -2.47. The van der Waals surface area contributed by atoms with Crippen molar-refractivity contribution in [2.45, 2.75) is 57.1 Å². The Hall–Kier alpha value is -3.34. The van der Waals surface area contributed by atoms with Crippen molar-refractivity contribution in [2.75, 3.05) is 0 Å². The van der Waals surface area contributed by atoms with Crippen LogP contribution in [0, 0.1) is 17.8 Å². The molecule has 0 radical (unpaired) electrons. The highest BCUT2D eigenvalue weighted by molar-refractivity contribution is 6.31. The highest BCUT2D eigenvalue weighted by atomic mass is 35.5. The molecule has 1 fully saturated rings. The molecular weight excluding hydrogens is 468 g/mol. The maximum Gasteiger partial charge on any atom is 0.329 e. The molecule has 1 aliphatic rings. The van der Waals surface area contributed by atoms with E-state index in [-0.39, 0.29) is 25.4 Å². The third-order valence-electron chi connectivity index (χ3n) is 5.84. The number of rotatable bonds is 9. The number of esters is 1. The second-order valence-corrected chi connectivity index (χ2v) is 8.92. The predicted molar refractivity (Wildman–Crippen MR) is 131 cm³/mol. The molecule has 7 nitrogen and oxygen atoms in total. The molecular formula is C27H29ClN2O5. The molecule has 0 bridgehead atoms. The quantitative estimate of drug-likeness (QED) is 0.212. The minimum Gasteiger partial charge on any atom is -0.461 e. The van der Waals surface area contributed by atoms with Gasteiger partial charge in [-0.3, -0.25) is 14.8 Å². The summed E-state index contributed by atoms with van der Waals surface area (Å²) >= 11 is 6.13. The van der Waals surface area contributed by atoms with Crippen LogP contribution in [0.25, 0.3) is 0 Å². The number of hydroxylamine groups is 1. The van der Waals surface area contributed by atoms with Crippen molar-refractivity contribution in [2.24, 2.45) is 5.92 Å². The number of hydrogen-bond donors (Lipinski definition) is 3. The first kappa shape index (κ1) is 26.3. The average Bonchev–Trinajstić information content (AvgIpc) is 3.37. The van der Waals surface area contributed by atoms with Crippen LogP contribution in [-0.4, -0.2) is 35.1 Å². The van der Waals surface area contributed by atoms with E-state index in [4.69, 9.17) is 21.5 Å². The van der Waals surface area contributed by atoms with Gasteiger partial charge in [0.25, 0.3) is 0 Å². The summed E-state index contributed by atoms with van der Waals surface area (Å²) < 4.78 is 5.67. The maximum atomic E-state index is 13.2. The minimum atomic E-state index is -0.915. The fraction of sp³-hybridized carbons (Fsp3) is 0.370. The number of hydrogen-bond acceptors (Lipinski definition) is 5. The molecule has 0 saturated heterocycles. The van der Waals surface area contributed by atoms with Crippen molar-refractivity contribution < 1.29 is 24.3 Å². The Morgan fingerprint density at radius 3 is 2.43 bits per heavy atom.